The van der Waals surface area contributed by atoms with Gasteiger partial charge >= 0.3 is 11.7 Å². The lowest BCUT2D eigenvalue weighted by molar-refractivity contribution is -0.386. The zero-order chi connectivity index (χ0) is 14.0. The Labute approximate surface area is 115 Å². The van der Waals surface area contributed by atoms with Gasteiger partial charge in [-0.3, -0.25) is 14.5 Å². The molecule has 0 aromatic carbocycles. The fourth-order valence-electron chi connectivity index (χ4n) is 1.45. The lowest BCUT2D eigenvalue weighted by Gasteiger charge is -2.04. The first-order valence-corrected chi connectivity index (χ1v) is 6.19. The van der Waals surface area contributed by atoms with Gasteiger partial charge in [-0.05, 0) is 22.4 Å². The standard InChI is InChI=1S/C10H9BrN4O4/c1-2-3-19-9(16)7-5-13-10-12-4-6(15(17)18)8(11)14(7)10/h4-5H,2-3H2,1H3. The molecule has 0 unspecified atom stereocenters. The van der Waals surface area contributed by atoms with Crippen LogP contribution in [-0.2, 0) is 4.74 Å². The third-order valence-corrected chi connectivity index (χ3v) is 3.06. The minimum absolute atomic E-state index is 0.0894. The van der Waals surface area contributed by atoms with Crippen LogP contribution >= 0.6 is 15.9 Å². The summed E-state index contributed by atoms with van der Waals surface area (Å²) in [6, 6.07) is 0. The molecule has 0 fully saturated rings. The maximum atomic E-state index is 11.8. The van der Waals surface area contributed by atoms with Crippen LogP contribution in [0.4, 0.5) is 5.69 Å². The van der Waals surface area contributed by atoms with Crippen molar-refractivity contribution in [2.75, 3.05) is 6.61 Å². The number of rotatable bonds is 4. The van der Waals surface area contributed by atoms with Crippen LogP contribution in [0.1, 0.15) is 23.8 Å². The van der Waals surface area contributed by atoms with Crippen molar-refractivity contribution >= 4 is 33.4 Å². The maximum Gasteiger partial charge on any atom is 0.357 e. The van der Waals surface area contributed by atoms with Crippen LogP contribution < -0.4 is 0 Å². The molecular weight excluding hydrogens is 320 g/mol. The fraction of sp³-hybridized carbons (Fsp3) is 0.300. The minimum Gasteiger partial charge on any atom is -0.461 e. The maximum absolute atomic E-state index is 11.8. The molecule has 0 aliphatic rings. The smallest absolute Gasteiger partial charge is 0.357 e. The van der Waals surface area contributed by atoms with Crippen molar-refractivity contribution in [2.24, 2.45) is 0 Å². The molecule has 2 rings (SSSR count). The quantitative estimate of drug-likeness (QED) is 0.368. The number of nitrogens with zero attached hydrogens (tertiary/aromatic N) is 4. The van der Waals surface area contributed by atoms with E-state index < -0.39 is 10.9 Å². The van der Waals surface area contributed by atoms with Crippen LogP contribution in [0.2, 0.25) is 0 Å². The fourth-order valence-corrected chi connectivity index (χ4v) is 2.05. The molecule has 0 radical (unpaired) electrons. The number of aromatic nitrogens is 3. The average Bonchev–Trinajstić information content (AvgIpc) is 2.80. The van der Waals surface area contributed by atoms with E-state index in [1.807, 2.05) is 6.92 Å². The zero-order valence-corrected chi connectivity index (χ0v) is 11.5. The van der Waals surface area contributed by atoms with E-state index in [-0.39, 0.29) is 28.4 Å². The Kier molecular flexibility index (Phi) is 3.74. The monoisotopic (exact) mass is 328 g/mol. The lowest BCUT2D eigenvalue weighted by atomic mass is 10.4. The molecule has 0 spiro atoms. The number of halogens is 1. The molecule has 9 heteroatoms. The molecule has 0 saturated heterocycles. The van der Waals surface area contributed by atoms with Gasteiger partial charge < -0.3 is 4.74 Å². The van der Waals surface area contributed by atoms with Crippen LogP contribution in [0.5, 0.6) is 0 Å². The molecule has 8 nitrogen and oxygen atoms in total. The predicted molar refractivity (Wildman–Crippen MR) is 67.9 cm³/mol. The Morgan fingerprint density at radius 1 is 1.53 bits per heavy atom. The normalized spacial score (nSPS) is 10.6. The number of ether oxygens (including phenoxy) is 1. The average molecular weight is 329 g/mol. The molecule has 2 heterocycles. The third kappa shape index (κ3) is 2.41. The molecule has 0 aliphatic carbocycles. The van der Waals surface area contributed by atoms with Gasteiger partial charge in [0.05, 0.1) is 17.7 Å². The molecule has 2 aromatic rings. The van der Waals surface area contributed by atoms with Gasteiger partial charge in [-0.1, -0.05) is 6.92 Å². The molecule has 100 valence electrons. The van der Waals surface area contributed by atoms with Crippen molar-refractivity contribution in [3.63, 3.8) is 0 Å². The minimum atomic E-state index is -0.600. The first kappa shape index (κ1) is 13.4. The second-order valence-electron chi connectivity index (χ2n) is 3.61. The molecule has 0 atom stereocenters. The number of carbonyl (C=O) groups excluding carboxylic acids is 1. The van der Waals surface area contributed by atoms with Gasteiger partial charge in [0.15, 0.2) is 10.3 Å². The number of imidazole rings is 1. The van der Waals surface area contributed by atoms with Gasteiger partial charge in [0.2, 0.25) is 5.78 Å². The van der Waals surface area contributed by atoms with Crippen molar-refractivity contribution in [1.29, 1.82) is 0 Å². The summed E-state index contributed by atoms with van der Waals surface area (Å²) in [4.78, 5) is 29.8. The highest BCUT2D eigenvalue weighted by molar-refractivity contribution is 9.10. The molecule has 19 heavy (non-hydrogen) atoms. The Morgan fingerprint density at radius 3 is 2.84 bits per heavy atom. The molecular formula is C10H9BrN4O4. The van der Waals surface area contributed by atoms with Crippen LogP contribution in [0.15, 0.2) is 17.0 Å². The van der Waals surface area contributed by atoms with Crippen molar-refractivity contribution in [2.45, 2.75) is 13.3 Å². The summed E-state index contributed by atoms with van der Waals surface area (Å²) in [5.41, 5.74) is -0.165. The molecule has 0 saturated carbocycles. The first-order chi connectivity index (χ1) is 9.06. The number of fused-ring (bicyclic) bond motifs is 1. The van der Waals surface area contributed by atoms with Gasteiger partial charge in [0, 0.05) is 0 Å². The molecule has 0 bridgehead atoms. The highest BCUT2D eigenvalue weighted by Gasteiger charge is 2.22. The highest BCUT2D eigenvalue weighted by Crippen LogP contribution is 2.25. The van der Waals surface area contributed by atoms with Crippen molar-refractivity contribution in [1.82, 2.24) is 14.4 Å². The number of carbonyl (C=O) groups is 1. The van der Waals surface area contributed by atoms with E-state index in [1.54, 1.807) is 0 Å². The molecule has 0 amide bonds. The van der Waals surface area contributed by atoms with Crippen LogP contribution in [0, 0.1) is 10.1 Å². The summed E-state index contributed by atoms with van der Waals surface area (Å²) >= 11 is 3.08. The Hall–Kier alpha value is -2.03. The summed E-state index contributed by atoms with van der Waals surface area (Å²) in [5, 5.41) is 10.8. The van der Waals surface area contributed by atoms with Gasteiger partial charge in [-0.2, -0.15) is 0 Å². The topological polar surface area (TPSA) is 99.6 Å². The van der Waals surface area contributed by atoms with Crippen LogP contribution in [-0.4, -0.2) is 31.9 Å². The van der Waals surface area contributed by atoms with E-state index in [4.69, 9.17) is 4.74 Å². The predicted octanol–water partition coefficient (Wildman–Crippen LogP) is 1.97. The Bertz CT molecular complexity index is 654. The zero-order valence-electron chi connectivity index (χ0n) is 9.87. The molecule has 0 N–H and O–H groups in total. The van der Waals surface area contributed by atoms with Crippen LogP contribution in [0.3, 0.4) is 0 Å². The van der Waals surface area contributed by atoms with E-state index in [2.05, 4.69) is 25.9 Å². The van der Waals surface area contributed by atoms with Gasteiger partial charge in [0.1, 0.15) is 6.20 Å². The van der Waals surface area contributed by atoms with Gasteiger partial charge in [-0.25, -0.2) is 14.8 Å². The van der Waals surface area contributed by atoms with Crippen molar-refractivity contribution in [3.8, 4) is 0 Å². The second-order valence-corrected chi connectivity index (χ2v) is 4.36. The van der Waals surface area contributed by atoms with Crippen molar-refractivity contribution in [3.05, 3.63) is 32.8 Å². The Balaban J connectivity index is 2.54. The van der Waals surface area contributed by atoms with Gasteiger partial charge in [-0.15, -0.1) is 0 Å². The number of hydrogen-bond donors (Lipinski definition) is 0. The summed E-state index contributed by atoms with van der Waals surface area (Å²) in [6.07, 6.45) is 3.03. The van der Waals surface area contributed by atoms with Crippen molar-refractivity contribution < 1.29 is 14.5 Å². The first-order valence-electron chi connectivity index (χ1n) is 5.39. The summed E-state index contributed by atoms with van der Waals surface area (Å²) < 4.78 is 6.33. The second kappa shape index (κ2) is 5.31. The lowest BCUT2D eigenvalue weighted by Crippen LogP contribution is -2.10. The molecule has 2 aromatic heterocycles. The SMILES string of the molecule is CCCOC(=O)c1cnc2ncc([N+](=O)[O-])c(Br)n12. The number of nitro groups is 1. The van der Waals surface area contributed by atoms with E-state index in [0.717, 1.165) is 6.20 Å². The third-order valence-electron chi connectivity index (χ3n) is 2.30. The van der Waals surface area contributed by atoms with Crippen LogP contribution in [0.25, 0.3) is 5.78 Å². The summed E-state index contributed by atoms with van der Waals surface area (Å²) in [5.74, 6) is -0.418. The van der Waals surface area contributed by atoms with E-state index >= 15 is 0 Å². The summed E-state index contributed by atoms with van der Waals surface area (Å²) in [6.45, 7) is 2.14. The number of esters is 1. The largest absolute Gasteiger partial charge is 0.461 e. The highest BCUT2D eigenvalue weighted by atomic mass is 79.9. The van der Waals surface area contributed by atoms with E-state index in [1.165, 1.54) is 10.6 Å². The van der Waals surface area contributed by atoms with Gasteiger partial charge in [0.25, 0.3) is 0 Å². The Morgan fingerprint density at radius 2 is 2.21 bits per heavy atom. The summed E-state index contributed by atoms with van der Waals surface area (Å²) in [7, 11) is 0. The molecule has 0 aliphatic heterocycles. The van der Waals surface area contributed by atoms with E-state index in [9.17, 15) is 14.9 Å². The van der Waals surface area contributed by atoms with E-state index in [0.29, 0.717) is 6.42 Å². The number of hydrogen-bond acceptors (Lipinski definition) is 6.